The summed E-state index contributed by atoms with van der Waals surface area (Å²) in [4.78, 5) is 21.1. The summed E-state index contributed by atoms with van der Waals surface area (Å²) in [5.41, 5.74) is 2.90. The van der Waals surface area contributed by atoms with E-state index in [-0.39, 0.29) is 5.71 Å². The number of rotatable bonds is 12. The molecule has 172 valence electrons. The van der Waals surface area contributed by atoms with Crippen molar-refractivity contribution in [1.82, 2.24) is 4.98 Å². The second kappa shape index (κ2) is 10.8. The lowest BCUT2D eigenvalue weighted by Gasteiger charge is -2.07. The van der Waals surface area contributed by atoms with Gasteiger partial charge in [-0.25, -0.2) is 9.78 Å². The Kier molecular flexibility index (Phi) is 7.40. The highest BCUT2D eigenvalue weighted by atomic mass is 16.6. The van der Waals surface area contributed by atoms with Gasteiger partial charge in [-0.3, -0.25) is 0 Å². The minimum atomic E-state index is -1.04. The van der Waals surface area contributed by atoms with Crippen molar-refractivity contribution in [2.75, 3.05) is 13.2 Å². The summed E-state index contributed by atoms with van der Waals surface area (Å²) in [5.74, 6) is 1.67. The minimum Gasteiger partial charge on any atom is -0.493 e. The molecule has 0 amide bonds. The van der Waals surface area contributed by atoms with E-state index in [0.29, 0.717) is 44.3 Å². The Morgan fingerprint density at radius 1 is 1.12 bits per heavy atom. The predicted octanol–water partition coefficient (Wildman–Crippen LogP) is 5.07. The van der Waals surface area contributed by atoms with Crippen molar-refractivity contribution in [3.8, 4) is 17.2 Å². The molecule has 33 heavy (non-hydrogen) atoms. The van der Waals surface area contributed by atoms with Gasteiger partial charge in [-0.05, 0) is 61.9 Å². The van der Waals surface area contributed by atoms with Crippen LogP contribution in [0.15, 0.2) is 64.2 Å². The van der Waals surface area contributed by atoms with E-state index in [1.54, 1.807) is 0 Å². The highest BCUT2D eigenvalue weighted by Crippen LogP contribution is 2.28. The summed E-state index contributed by atoms with van der Waals surface area (Å²) < 4.78 is 11.7. The van der Waals surface area contributed by atoms with E-state index in [9.17, 15) is 9.90 Å². The van der Waals surface area contributed by atoms with Crippen LogP contribution in [0.4, 0.5) is 0 Å². The lowest BCUT2D eigenvalue weighted by Crippen LogP contribution is -2.15. The summed E-state index contributed by atoms with van der Waals surface area (Å²) in [6, 6.07) is 17.5. The minimum absolute atomic E-state index is 0.0498. The Morgan fingerprint density at radius 3 is 2.58 bits per heavy atom. The Labute approximate surface area is 193 Å². The van der Waals surface area contributed by atoms with E-state index >= 15 is 0 Å². The van der Waals surface area contributed by atoms with Crippen molar-refractivity contribution >= 4 is 11.7 Å². The van der Waals surface area contributed by atoms with E-state index in [4.69, 9.17) is 14.0 Å². The van der Waals surface area contributed by atoms with Gasteiger partial charge in [-0.15, -0.1) is 0 Å². The first kappa shape index (κ1) is 22.6. The van der Waals surface area contributed by atoms with Crippen LogP contribution < -0.4 is 4.74 Å². The lowest BCUT2D eigenvalue weighted by atomic mass is 10.1. The molecule has 1 heterocycles. The molecule has 0 spiro atoms. The topological polar surface area (TPSA) is 94.2 Å². The van der Waals surface area contributed by atoms with Gasteiger partial charge < -0.3 is 19.1 Å². The molecule has 0 aliphatic heterocycles. The van der Waals surface area contributed by atoms with Crippen LogP contribution in [0, 0.1) is 12.8 Å². The maximum absolute atomic E-state index is 11.4. The molecule has 1 N–H and O–H groups in total. The molecule has 2 aromatic carbocycles. The molecule has 7 nitrogen and oxygen atoms in total. The number of aryl methyl sites for hydroxylation is 2. The summed E-state index contributed by atoms with van der Waals surface area (Å²) in [5, 5.41) is 13.1. The first-order chi connectivity index (χ1) is 16.1. The number of oxazole rings is 1. The van der Waals surface area contributed by atoms with Crippen LogP contribution in [0.2, 0.25) is 0 Å². The number of carbonyl (C=O) groups is 1. The number of oxime groups is 1. The number of carboxylic acid groups (broad SMARTS) is 1. The van der Waals surface area contributed by atoms with Gasteiger partial charge in [0.2, 0.25) is 5.89 Å². The Hall–Kier alpha value is -3.61. The van der Waals surface area contributed by atoms with Crippen molar-refractivity contribution in [2.45, 2.75) is 39.0 Å². The average molecular weight is 449 g/mol. The maximum atomic E-state index is 11.4. The summed E-state index contributed by atoms with van der Waals surface area (Å²) >= 11 is 0. The molecule has 4 rings (SSSR count). The fraction of sp³-hybridized carbons (Fsp3) is 0.346. The monoisotopic (exact) mass is 448 g/mol. The van der Waals surface area contributed by atoms with Gasteiger partial charge in [0.1, 0.15) is 18.1 Å². The SMILES string of the molecule is Cc1oc(-c2ccccc2)nc1CCOc1ccc(CC/C(=N\OCC2CC2)C(=O)O)cc1. The van der Waals surface area contributed by atoms with Crippen molar-refractivity contribution < 1.29 is 23.9 Å². The first-order valence-corrected chi connectivity index (χ1v) is 11.2. The first-order valence-electron chi connectivity index (χ1n) is 11.2. The highest BCUT2D eigenvalue weighted by molar-refractivity contribution is 6.35. The number of aliphatic carboxylic acids is 1. The van der Waals surface area contributed by atoms with Crippen LogP contribution in [-0.2, 0) is 22.5 Å². The fourth-order valence-electron chi connectivity index (χ4n) is 3.34. The molecule has 1 aliphatic rings. The quantitative estimate of drug-likeness (QED) is 0.307. The van der Waals surface area contributed by atoms with Gasteiger partial charge in [0.15, 0.2) is 5.71 Å². The number of carboxylic acids is 1. The normalized spacial score (nSPS) is 13.7. The number of ether oxygens (including phenoxy) is 1. The molecule has 1 fully saturated rings. The third-order valence-corrected chi connectivity index (χ3v) is 5.52. The Morgan fingerprint density at radius 2 is 1.88 bits per heavy atom. The van der Waals surface area contributed by atoms with Gasteiger partial charge in [0, 0.05) is 18.4 Å². The largest absolute Gasteiger partial charge is 0.493 e. The van der Waals surface area contributed by atoms with Crippen molar-refractivity contribution in [2.24, 2.45) is 11.1 Å². The van der Waals surface area contributed by atoms with E-state index in [0.717, 1.165) is 41.2 Å². The molecule has 7 heteroatoms. The van der Waals surface area contributed by atoms with Crippen LogP contribution >= 0.6 is 0 Å². The molecule has 0 bridgehead atoms. The standard InChI is InChI=1S/C26H28N2O5/c1-18-23(27-25(33-18)21-5-3-2-4-6-21)15-16-31-22-12-9-19(10-13-22)11-14-24(26(29)30)28-32-17-20-7-8-20/h2-6,9-10,12-13,20H,7-8,11,14-17H2,1H3,(H,29,30)/b28-24+. The second-order valence-corrected chi connectivity index (χ2v) is 8.21. The zero-order valence-corrected chi connectivity index (χ0v) is 18.7. The van der Waals surface area contributed by atoms with Gasteiger partial charge in [0.25, 0.3) is 0 Å². The molecule has 1 aromatic heterocycles. The smallest absolute Gasteiger partial charge is 0.353 e. The summed E-state index contributed by atoms with van der Waals surface area (Å²) in [6.07, 6.45) is 3.80. The molecule has 0 radical (unpaired) electrons. The number of nitrogens with zero attached hydrogens (tertiary/aromatic N) is 2. The van der Waals surface area contributed by atoms with Crippen molar-refractivity contribution in [3.63, 3.8) is 0 Å². The van der Waals surface area contributed by atoms with Crippen LogP contribution in [0.3, 0.4) is 0 Å². The predicted molar refractivity (Wildman–Crippen MR) is 124 cm³/mol. The fourth-order valence-corrected chi connectivity index (χ4v) is 3.34. The van der Waals surface area contributed by atoms with Crippen molar-refractivity contribution in [3.05, 3.63) is 71.6 Å². The van der Waals surface area contributed by atoms with Crippen LogP contribution in [0.5, 0.6) is 5.75 Å². The van der Waals surface area contributed by atoms with Crippen LogP contribution in [-0.4, -0.2) is 35.0 Å². The Balaban J connectivity index is 1.24. The van der Waals surface area contributed by atoms with Crippen LogP contribution in [0.25, 0.3) is 11.5 Å². The molecule has 3 aromatic rings. The zero-order chi connectivity index (χ0) is 23.0. The molecule has 1 saturated carbocycles. The molecule has 0 saturated heterocycles. The van der Waals surface area contributed by atoms with E-state index < -0.39 is 5.97 Å². The van der Waals surface area contributed by atoms with Gasteiger partial charge >= 0.3 is 5.97 Å². The van der Waals surface area contributed by atoms with E-state index in [1.165, 1.54) is 0 Å². The van der Waals surface area contributed by atoms with Gasteiger partial charge in [-0.2, -0.15) is 0 Å². The van der Waals surface area contributed by atoms with Gasteiger partial charge in [0.05, 0.1) is 12.3 Å². The number of aromatic nitrogens is 1. The summed E-state index contributed by atoms with van der Waals surface area (Å²) in [6.45, 7) is 2.90. The third kappa shape index (κ3) is 6.68. The zero-order valence-electron chi connectivity index (χ0n) is 18.7. The molecule has 0 atom stereocenters. The molecule has 0 unspecified atom stereocenters. The average Bonchev–Trinajstić information content (AvgIpc) is 3.58. The van der Waals surface area contributed by atoms with Crippen LogP contribution in [0.1, 0.15) is 36.3 Å². The molecule has 1 aliphatic carbocycles. The van der Waals surface area contributed by atoms with E-state index in [1.807, 2.05) is 61.5 Å². The van der Waals surface area contributed by atoms with Crippen molar-refractivity contribution in [1.29, 1.82) is 0 Å². The second-order valence-electron chi connectivity index (χ2n) is 8.21. The molecular weight excluding hydrogens is 420 g/mol. The van der Waals surface area contributed by atoms with Gasteiger partial charge in [-0.1, -0.05) is 35.5 Å². The highest BCUT2D eigenvalue weighted by Gasteiger charge is 2.22. The lowest BCUT2D eigenvalue weighted by molar-refractivity contribution is -0.129. The third-order valence-electron chi connectivity index (χ3n) is 5.52. The number of hydrogen-bond acceptors (Lipinski definition) is 6. The Bertz CT molecular complexity index is 1090. The number of hydrogen-bond donors (Lipinski definition) is 1. The molecular formula is C26H28N2O5. The van der Waals surface area contributed by atoms with E-state index in [2.05, 4.69) is 10.1 Å². The maximum Gasteiger partial charge on any atom is 0.353 e. The number of benzene rings is 2. The summed E-state index contributed by atoms with van der Waals surface area (Å²) in [7, 11) is 0.